The Morgan fingerprint density at radius 2 is 1.59 bits per heavy atom. The monoisotopic (exact) mass is 318 g/mol. The van der Waals surface area contributed by atoms with Crippen molar-refractivity contribution < 1.29 is 19.1 Å². The number of carbonyl (C=O) groups excluding carboxylic acids is 2. The highest BCUT2D eigenvalue weighted by molar-refractivity contribution is 5.81. The third-order valence-corrected chi connectivity index (χ3v) is 1.64. The highest BCUT2D eigenvalue weighted by Gasteiger charge is 2.00. The van der Waals surface area contributed by atoms with Crippen LogP contribution in [0.1, 0.15) is 48.0 Å². The highest BCUT2D eigenvalue weighted by Crippen LogP contribution is 1.85. The molecule has 0 heterocycles. The van der Waals surface area contributed by atoms with Gasteiger partial charge in [-0.15, -0.1) is 0 Å². The molecule has 0 atom stereocenters. The Morgan fingerprint density at radius 1 is 1.14 bits per heavy atom. The molecule has 0 saturated heterocycles. The van der Waals surface area contributed by atoms with Crippen LogP contribution in [0, 0.1) is 0 Å². The first kappa shape index (κ1) is 25.5. The van der Waals surface area contributed by atoms with Crippen molar-refractivity contribution in [3.05, 3.63) is 12.7 Å². The van der Waals surface area contributed by atoms with Crippen molar-refractivity contribution in [2.75, 3.05) is 19.8 Å². The third kappa shape index (κ3) is 36.3. The Bertz CT molecular complexity index is 277. The lowest BCUT2D eigenvalue weighted by molar-refractivity contribution is -0.143. The fourth-order valence-electron chi connectivity index (χ4n) is 0.897. The molecule has 0 spiro atoms. The summed E-state index contributed by atoms with van der Waals surface area (Å²) in [5.41, 5.74) is 5.11. The smallest absolute Gasteiger partial charge is 0.330 e. The fraction of sp³-hybridized carbons (Fsp3) is 0.750. The SMILES string of the molecule is C=CC(=O)OCC.CC(C)N.CCOC(=O)CCNC(C)C. The predicted molar refractivity (Wildman–Crippen MR) is 90.5 cm³/mol. The maximum Gasteiger partial charge on any atom is 0.330 e. The molecule has 0 aliphatic heterocycles. The molecular weight excluding hydrogens is 284 g/mol. The van der Waals surface area contributed by atoms with Crippen LogP contribution in [0.4, 0.5) is 0 Å². The lowest BCUT2D eigenvalue weighted by Gasteiger charge is -2.06. The van der Waals surface area contributed by atoms with Crippen molar-refractivity contribution in [2.45, 2.75) is 60.0 Å². The van der Waals surface area contributed by atoms with E-state index < -0.39 is 0 Å². The van der Waals surface area contributed by atoms with Gasteiger partial charge in [0.25, 0.3) is 0 Å². The lowest BCUT2D eigenvalue weighted by Crippen LogP contribution is -2.25. The van der Waals surface area contributed by atoms with E-state index in [4.69, 9.17) is 10.5 Å². The molecule has 0 aromatic rings. The number of esters is 2. The molecule has 0 aromatic carbocycles. The van der Waals surface area contributed by atoms with E-state index in [1.165, 1.54) is 0 Å². The van der Waals surface area contributed by atoms with Crippen molar-refractivity contribution in [3.63, 3.8) is 0 Å². The van der Waals surface area contributed by atoms with E-state index >= 15 is 0 Å². The second-order valence-electron chi connectivity index (χ2n) is 4.86. The summed E-state index contributed by atoms with van der Waals surface area (Å²) in [6, 6.07) is 0.768. The Balaban J connectivity index is -0.000000280. The number of nitrogens with two attached hydrogens (primary N) is 1. The van der Waals surface area contributed by atoms with Crippen LogP contribution >= 0.6 is 0 Å². The first-order valence-corrected chi connectivity index (χ1v) is 7.64. The largest absolute Gasteiger partial charge is 0.466 e. The van der Waals surface area contributed by atoms with Gasteiger partial charge in [0, 0.05) is 18.7 Å². The maximum absolute atomic E-state index is 10.8. The zero-order valence-electron chi connectivity index (χ0n) is 15.0. The van der Waals surface area contributed by atoms with Crippen molar-refractivity contribution >= 4 is 11.9 Å². The summed E-state index contributed by atoms with van der Waals surface area (Å²) in [5, 5.41) is 3.13. The van der Waals surface area contributed by atoms with Gasteiger partial charge in [0.1, 0.15) is 0 Å². The topological polar surface area (TPSA) is 90.7 Å². The molecule has 0 rings (SSSR count). The normalized spacial score (nSPS) is 9.14. The lowest BCUT2D eigenvalue weighted by atomic mass is 10.3. The Morgan fingerprint density at radius 3 is 1.86 bits per heavy atom. The molecule has 0 aliphatic rings. The van der Waals surface area contributed by atoms with E-state index in [1.807, 2.05) is 34.6 Å². The first-order valence-electron chi connectivity index (χ1n) is 7.64. The number of nitrogens with one attached hydrogen (secondary N) is 1. The van der Waals surface area contributed by atoms with Crippen LogP contribution in [-0.2, 0) is 19.1 Å². The van der Waals surface area contributed by atoms with E-state index in [2.05, 4.69) is 16.6 Å². The van der Waals surface area contributed by atoms with Gasteiger partial charge in [-0.3, -0.25) is 4.79 Å². The van der Waals surface area contributed by atoms with Crippen LogP contribution < -0.4 is 11.1 Å². The molecule has 22 heavy (non-hydrogen) atoms. The molecule has 0 aromatic heterocycles. The van der Waals surface area contributed by atoms with Crippen molar-refractivity contribution in [1.29, 1.82) is 0 Å². The molecule has 0 radical (unpaired) electrons. The summed E-state index contributed by atoms with van der Waals surface area (Å²) in [7, 11) is 0. The molecule has 6 heteroatoms. The number of hydrogen-bond donors (Lipinski definition) is 2. The summed E-state index contributed by atoms with van der Waals surface area (Å²) < 4.78 is 9.18. The summed E-state index contributed by atoms with van der Waals surface area (Å²) in [6.07, 6.45) is 1.61. The zero-order chi connectivity index (χ0) is 18.0. The van der Waals surface area contributed by atoms with Gasteiger partial charge in [-0.05, 0) is 19.9 Å². The molecule has 0 amide bonds. The van der Waals surface area contributed by atoms with Crippen LogP contribution in [0.15, 0.2) is 12.7 Å². The van der Waals surface area contributed by atoms with Crippen LogP contribution in [0.25, 0.3) is 0 Å². The second-order valence-corrected chi connectivity index (χ2v) is 4.86. The van der Waals surface area contributed by atoms with Gasteiger partial charge in [0.05, 0.1) is 19.6 Å². The summed E-state index contributed by atoms with van der Waals surface area (Å²) in [4.78, 5) is 20.8. The van der Waals surface area contributed by atoms with E-state index in [1.54, 1.807) is 6.92 Å². The van der Waals surface area contributed by atoms with Crippen LogP contribution in [0.5, 0.6) is 0 Å². The minimum Gasteiger partial charge on any atom is -0.466 e. The van der Waals surface area contributed by atoms with Gasteiger partial charge in [0.2, 0.25) is 0 Å². The third-order valence-electron chi connectivity index (χ3n) is 1.64. The van der Waals surface area contributed by atoms with E-state index in [0.29, 0.717) is 38.3 Å². The van der Waals surface area contributed by atoms with Crippen LogP contribution in [0.2, 0.25) is 0 Å². The van der Waals surface area contributed by atoms with Gasteiger partial charge >= 0.3 is 11.9 Å². The van der Waals surface area contributed by atoms with Gasteiger partial charge in [-0.25, -0.2) is 4.79 Å². The van der Waals surface area contributed by atoms with Gasteiger partial charge in [-0.2, -0.15) is 0 Å². The summed E-state index contributed by atoms with van der Waals surface area (Å²) in [6.45, 7) is 16.4. The van der Waals surface area contributed by atoms with Gasteiger partial charge in [0.15, 0.2) is 0 Å². The first-order chi connectivity index (χ1) is 10.2. The molecular formula is C16H34N2O4. The summed E-state index contributed by atoms with van der Waals surface area (Å²) >= 11 is 0. The Kier molecular flexibility index (Phi) is 22.8. The van der Waals surface area contributed by atoms with Crippen LogP contribution in [0.3, 0.4) is 0 Å². The average Bonchev–Trinajstić information content (AvgIpc) is 2.39. The molecule has 0 bridgehead atoms. The molecule has 0 fully saturated rings. The maximum atomic E-state index is 10.8. The van der Waals surface area contributed by atoms with Gasteiger partial charge in [-0.1, -0.05) is 34.3 Å². The quantitative estimate of drug-likeness (QED) is 0.551. The number of ether oxygens (including phenoxy) is 2. The zero-order valence-corrected chi connectivity index (χ0v) is 15.0. The highest BCUT2D eigenvalue weighted by atomic mass is 16.5. The number of carbonyl (C=O) groups is 2. The Hall–Kier alpha value is -1.40. The number of hydrogen-bond acceptors (Lipinski definition) is 6. The minimum atomic E-state index is -0.359. The second kappa shape index (κ2) is 19.6. The van der Waals surface area contributed by atoms with E-state index in [-0.39, 0.29) is 11.9 Å². The molecule has 132 valence electrons. The standard InChI is InChI=1S/C8H17NO2.C5H8O2.C3H9N/c1-4-11-8(10)5-6-9-7(2)3;1-3-5(6)7-4-2;1-3(2)4/h7,9H,4-6H2,1-3H3;3H,1,4H2,2H3;3H,4H2,1-2H3. The van der Waals surface area contributed by atoms with Gasteiger partial charge < -0.3 is 20.5 Å². The molecule has 3 N–H and O–H groups in total. The van der Waals surface area contributed by atoms with Crippen molar-refractivity contribution in [2.24, 2.45) is 5.73 Å². The van der Waals surface area contributed by atoms with E-state index in [0.717, 1.165) is 6.08 Å². The minimum absolute atomic E-state index is 0.124. The predicted octanol–water partition coefficient (Wildman–Crippen LogP) is 2.03. The molecule has 0 unspecified atom stereocenters. The number of rotatable bonds is 7. The Labute approximate surface area is 135 Å². The van der Waals surface area contributed by atoms with Crippen LogP contribution in [-0.4, -0.2) is 43.8 Å². The fourth-order valence-corrected chi connectivity index (χ4v) is 0.897. The summed E-state index contributed by atoms with van der Waals surface area (Å²) in [5.74, 6) is -0.483. The average molecular weight is 318 g/mol. The molecule has 0 aliphatic carbocycles. The van der Waals surface area contributed by atoms with E-state index in [9.17, 15) is 9.59 Å². The van der Waals surface area contributed by atoms with Crippen molar-refractivity contribution in [1.82, 2.24) is 5.32 Å². The molecule has 6 nitrogen and oxygen atoms in total. The molecule has 0 saturated carbocycles. The van der Waals surface area contributed by atoms with Crippen molar-refractivity contribution in [3.8, 4) is 0 Å².